The first kappa shape index (κ1) is 14.7. The first-order valence-electron chi connectivity index (χ1n) is 6.64. The molecule has 3 rings (SSSR count). The minimum Gasteiger partial charge on any atom is -0.263 e. The summed E-state index contributed by atoms with van der Waals surface area (Å²) >= 11 is 8.49. The van der Waals surface area contributed by atoms with Gasteiger partial charge in [0, 0.05) is 23.3 Å². The summed E-state index contributed by atoms with van der Waals surface area (Å²) in [5.41, 5.74) is 1.88. The number of pyridine rings is 1. The van der Waals surface area contributed by atoms with E-state index in [1.165, 1.54) is 0 Å². The minimum atomic E-state index is 0.291. The molecule has 0 fully saturated rings. The monoisotopic (exact) mass is 409 g/mol. The largest absolute Gasteiger partial charge is 0.263 e. The molecule has 2 aromatic heterocycles. The number of halogens is 2. The van der Waals surface area contributed by atoms with Gasteiger partial charge in [-0.05, 0) is 33.9 Å². The lowest BCUT2D eigenvalue weighted by Gasteiger charge is -2.12. The van der Waals surface area contributed by atoms with E-state index in [0.717, 1.165) is 25.6 Å². The van der Waals surface area contributed by atoms with Gasteiger partial charge in [0.25, 0.3) is 0 Å². The maximum Gasteiger partial charge on any atom is 0.163 e. The van der Waals surface area contributed by atoms with Crippen LogP contribution in [0.4, 0.5) is 0 Å². The third-order valence-corrected chi connectivity index (χ3v) is 4.95. The molecule has 0 bridgehead atoms. The van der Waals surface area contributed by atoms with Crippen LogP contribution < -0.4 is 0 Å². The highest BCUT2D eigenvalue weighted by molar-refractivity contribution is 14.1. The number of benzene rings is 1. The van der Waals surface area contributed by atoms with E-state index in [4.69, 9.17) is 16.6 Å². The normalized spacial score (nSPS) is 11.3. The van der Waals surface area contributed by atoms with Gasteiger partial charge < -0.3 is 0 Å². The average Bonchev–Trinajstić information content (AvgIpc) is 2.49. The molecule has 1 aromatic carbocycles. The number of nitrogens with zero attached hydrogens (tertiary/aromatic N) is 3. The standard InChI is InChI=1S/C16H13ClIN3/c1-9(2)14-13(18)15(17)21-16(20-14)12-8-19-7-10-5-3-4-6-11(10)12/h3-9H,1-2H3. The number of hydrogen-bond acceptors (Lipinski definition) is 3. The summed E-state index contributed by atoms with van der Waals surface area (Å²) in [6.45, 7) is 4.21. The third-order valence-electron chi connectivity index (χ3n) is 3.29. The molecule has 106 valence electrons. The molecular formula is C16H13ClIN3. The van der Waals surface area contributed by atoms with Gasteiger partial charge in [0.1, 0.15) is 5.15 Å². The molecule has 2 heterocycles. The minimum absolute atomic E-state index is 0.291. The van der Waals surface area contributed by atoms with E-state index in [0.29, 0.717) is 16.9 Å². The molecule has 0 radical (unpaired) electrons. The number of aromatic nitrogens is 3. The van der Waals surface area contributed by atoms with Crippen molar-refractivity contribution < 1.29 is 0 Å². The SMILES string of the molecule is CC(C)c1nc(-c2cncc3ccccc23)nc(Cl)c1I. The quantitative estimate of drug-likeness (QED) is 0.438. The molecule has 3 aromatic rings. The van der Waals surface area contributed by atoms with Gasteiger partial charge in [-0.2, -0.15) is 0 Å². The molecule has 21 heavy (non-hydrogen) atoms. The summed E-state index contributed by atoms with van der Waals surface area (Å²) in [4.78, 5) is 13.4. The Labute approximate surface area is 141 Å². The average molecular weight is 410 g/mol. The van der Waals surface area contributed by atoms with Crippen molar-refractivity contribution in [3.8, 4) is 11.4 Å². The van der Waals surface area contributed by atoms with E-state index in [2.05, 4.69) is 52.5 Å². The lowest BCUT2D eigenvalue weighted by atomic mass is 10.1. The van der Waals surface area contributed by atoms with Gasteiger partial charge in [-0.1, -0.05) is 49.7 Å². The van der Waals surface area contributed by atoms with Crippen LogP contribution in [0, 0.1) is 3.57 Å². The van der Waals surface area contributed by atoms with Crippen LogP contribution in [0.5, 0.6) is 0 Å². The molecule has 0 aliphatic carbocycles. The highest BCUT2D eigenvalue weighted by Gasteiger charge is 2.16. The van der Waals surface area contributed by atoms with Crippen LogP contribution in [0.2, 0.25) is 5.15 Å². The van der Waals surface area contributed by atoms with Crippen LogP contribution >= 0.6 is 34.2 Å². The first-order valence-corrected chi connectivity index (χ1v) is 8.09. The molecule has 3 nitrogen and oxygen atoms in total. The van der Waals surface area contributed by atoms with Crippen molar-refractivity contribution in [3.05, 3.63) is 51.1 Å². The van der Waals surface area contributed by atoms with Crippen molar-refractivity contribution in [2.45, 2.75) is 19.8 Å². The zero-order valence-corrected chi connectivity index (χ0v) is 14.6. The third kappa shape index (κ3) is 2.74. The molecule has 0 aliphatic heterocycles. The zero-order valence-electron chi connectivity index (χ0n) is 11.6. The van der Waals surface area contributed by atoms with Crippen LogP contribution in [0.1, 0.15) is 25.5 Å². The zero-order chi connectivity index (χ0) is 15.0. The lowest BCUT2D eigenvalue weighted by molar-refractivity contribution is 0.808. The molecule has 0 spiro atoms. The van der Waals surface area contributed by atoms with Crippen molar-refractivity contribution in [2.24, 2.45) is 0 Å². The highest BCUT2D eigenvalue weighted by Crippen LogP contribution is 2.30. The van der Waals surface area contributed by atoms with Crippen LogP contribution in [0.25, 0.3) is 22.2 Å². The molecule has 0 saturated heterocycles. The first-order chi connectivity index (χ1) is 10.1. The predicted octanol–water partition coefficient (Wildman–Crippen LogP) is 5.07. The van der Waals surface area contributed by atoms with Crippen molar-refractivity contribution in [3.63, 3.8) is 0 Å². The van der Waals surface area contributed by atoms with Crippen LogP contribution in [0.15, 0.2) is 36.7 Å². The van der Waals surface area contributed by atoms with Crippen LogP contribution in [0.3, 0.4) is 0 Å². The summed E-state index contributed by atoms with van der Waals surface area (Å²) in [6.07, 6.45) is 3.64. The topological polar surface area (TPSA) is 38.7 Å². The summed E-state index contributed by atoms with van der Waals surface area (Å²) in [5.74, 6) is 0.924. The Morgan fingerprint density at radius 2 is 1.86 bits per heavy atom. The number of fused-ring (bicyclic) bond motifs is 1. The van der Waals surface area contributed by atoms with Gasteiger partial charge >= 0.3 is 0 Å². The molecule has 0 amide bonds. The molecular weight excluding hydrogens is 397 g/mol. The second-order valence-corrected chi connectivity index (χ2v) is 6.54. The maximum atomic E-state index is 6.29. The van der Waals surface area contributed by atoms with Crippen LogP contribution in [-0.4, -0.2) is 15.0 Å². The van der Waals surface area contributed by atoms with E-state index < -0.39 is 0 Å². The van der Waals surface area contributed by atoms with Gasteiger partial charge in [0.05, 0.1) is 9.26 Å². The van der Waals surface area contributed by atoms with E-state index in [9.17, 15) is 0 Å². The summed E-state index contributed by atoms with van der Waals surface area (Å²) in [7, 11) is 0. The summed E-state index contributed by atoms with van der Waals surface area (Å²) in [5, 5.41) is 2.65. The van der Waals surface area contributed by atoms with Gasteiger partial charge in [-0.15, -0.1) is 0 Å². The van der Waals surface area contributed by atoms with Crippen molar-refractivity contribution in [2.75, 3.05) is 0 Å². The molecule has 0 atom stereocenters. The van der Waals surface area contributed by atoms with Gasteiger partial charge in [-0.3, -0.25) is 4.98 Å². The van der Waals surface area contributed by atoms with E-state index in [1.54, 1.807) is 6.20 Å². The van der Waals surface area contributed by atoms with Crippen molar-refractivity contribution in [1.29, 1.82) is 0 Å². The Balaban J connectivity index is 2.28. The Morgan fingerprint density at radius 1 is 1.10 bits per heavy atom. The fourth-order valence-electron chi connectivity index (χ4n) is 2.23. The Bertz CT molecular complexity index is 812. The second kappa shape index (κ2) is 5.85. The fraction of sp³-hybridized carbons (Fsp3) is 0.188. The van der Waals surface area contributed by atoms with Crippen LogP contribution in [-0.2, 0) is 0 Å². The van der Waals surface area contributed by atoms with E-state index >= 15 is 0 Å². The van der Waals surface area contributed by atoms with Gasteiger partial charge in [-0.25, -0.2) is 9.97 Å². The molecule has 5 heteroatoms. The Morgan fingerprint density at radius 3 is 2.62 bits per heavy atom. The fourth-order valence-corrected chi connectivity index (χ4v) is 3.27. The number of rotatable bonds is 2. The van der Waals surface area contributed by atoms with Crippen molar-refractivity contribution in [1.82, 2.24) is 15.0 Å². The number of hydrogen-bond donors (Lipinski definition) is 0. The van der Waals surface area contributed by atoms with E-state index in [-0.39, 0.29) is 0 Å². The molecule has 0 aliphatic rings. The second-order valence-electron chi connectivity index (χ2n) is 5.10. The summed E-state index contributed by atoms with van der Waals surface area (Å²) in [6, 6.07) is 8.08. The van der Waals surface area contributed by atoms with Crippen molar-refractivity contribution >= 4 is 45.0 Å². The molecule has 0 unspecified atom stereocenters. The van der Waals surface area contributed by atoms with Gasteiger partial charge in [0.2, 0.25) is 0 Å². The maximum absolute atomic E-state index is 6.29. The van der Waals surface area contributed by atoms with Gasteiger partial charge in [0.15, 0.2) is 5.82 Å². The lowest BCUT2D eigenvalue weighted by Crippen LogP contribution is -2.03. The summed E-state index contributed by atoms with van der Waals surface area (Å²) < 4.78 is 0.918. The Hall–Kier alpha value is -1.27. The molecule has 0 N–H and O–H groups in total. The smallest absolute Gasteiger partial charge is 0.163 e. The Kier molecular flexibility index (Phi) is 4.08. The molecule has 0 saturated carbocycles. The highest BCUT2D eigenvalue weighted by atomic mass is 127. The van der Waals surface area contributed by atoms with E-state index in [1.807, 2.05) is 24.4 Å². The predicted molar refractivity (Wildman–Crippen MR) is 94.6 cm³/mol.